The number of benzene rings is 2. The molecule has 114 valence electrons. The standard InChI is InChI=1S/C20H16O2S/c21-19(20-7-4-14-23-20)13-10-16-8-11-18(12-9-16)22-15-17-5-2-1-3-6-17/h1-14H,15H2/b13-10-. The normalized spacial score (nSPS) is 10.8. The number of hydrogen-bond donors (Lipinski definition) is 0. The molecule has 1 heterocycles. The van der Waals surface area contributed by atoms with Crippen molar-refractivity contribution in [2.24, 2.45) is 0 Å². The van der Waals surface area contributed by atoms with E-state index in [4.69, 9.17) is 4.74 Å². The molecule has 0 aliphatic carbocycles. The lowest BCUT2D eigenvalue weighted by Crippen LogP contribution is -1.94. The Labute approximate surface area is 139 Å². The summed E-state index contributed by atoms with van der Waals surface area (Å²) in [5.74, 6) is 0.847. The first-order valence-electron chi connectivity index (χ1n) is 7.34. The molecule has 23 heavy (non-hydrogen) atoms. The van der Waals surface area contributed by atoms with E-state index in [2.05, 4.69) is 0 Å². The van der Waals surface area contributed by atoms with Gasteiger partial charge in [0.1, 0.15) is 12.4 Å². The first-order chi connectivity index (χ1) is 11.3. The number of hydrogen-bond acceptors (Lipinski definition) is 3. The summed E-state index contributed by atoms with van der Waals surface area (Å²) in [6.45, 7) is 0.549. The molecule has 0 fully saturated rings. The predicted molar refractivity (Wildman–Crippen MR) is 94.9 cm³/mol. The lowest BCUT2D eigenvalue weighted by molar-refractivity contribution is 0.105. The van der Waals surface area contributed by atoms with Crippen LogP contribution in [0, 0.1) is 0 Å². The second-order valence-corrected chi connectivity index (χ2v) is 5.97. The molecule has 3 aromatic rings. The van der Waals surface area contributed by atoms with Gasteiger partial charge >= 0.3 is 0 Å². The fraction of sp³-hybridized carbons (Fsp3) is 0.0500. The Morgan fingerprint density at radius 2 is 1.74 bits per heavy atom. The summed E-state index contributed by atoms with van der Waals surface area (Å²) in [7, 11) is 0. The lowest BCUT2D eigenvalue weighted by Gasteiger charge is -2.06. The van der Waals surface area contributed by atoms with Gasteiger partial charge in [0.05, 0.1) is 4.88 Å². The van der Waals surface area contributed by atoms with Gasteiger partial charge < -0.3 is 4.74 Å². The molecule has 0 unspecified atom stereocenters. The molecule has 2 aromatic carbocycles. The second kappa shape index (κ2) is 7.56. The molecule has 3 rings (SSSR count). The summed E-state index contributed by atoms with van der Waals surface area (Å²) in [4.78, 5) is 12.7. The van der Waals surface area contributed by atoms with Crippen molar-refractivity contribution in [3.63, 3.8) is 0 Å². The zero-order chi connectivity index (χ0) is 15.9. The highest BCUT2D eigenvalue weighted by molar-refractivity contribution is 7.12. The van der Waals surface area contributed by atoms with E-state index >= 15 is 0 Å². The van der Waals surface area contributed by atoms with Gasteiger partial charge in [0.2, 0.25) is 0 Å². The first-order valence-corrected chi connectivity index (χ1v) is 8.22. The van der Waals surface area contributed by atoms with Crippen molar-refractivity contribution in [1.82, 2.24) is 0 Å². The molecule has 0 N–H and O–H groups in total. The van der Waals surface area contributed by atoms with Crippen LogP contribution in [0.1, 0.15) is 20.8 Å². The Morgan fingerprint density at radius 3 is 2.43 bits per heavy atom. The number of ketones is 1. The molecule has 0 bridgehead atoms. The number of ether oxygens (including phenoxy) is 1. The molecular formula is C20H16O2S. The van der Waals surface area contributed by atoms with Crippen LogP contribution < -0.4 is 4.74 Å². The van der Waals surface area contributed by atoms with Gasteiger partial charge in [-0.3, -0.25) is 4.79 Å². The summed E-state index contributed by atoms with van der Waals surface area (Å²) in [5.41, 5.74) is 2.11. The average Bonchev–Trinajstić information content (AvgIpc) is 3.14. The van der Waals surface area contributed by atoms with Gasteiger partial charge in [-0.1, -0.05) is 54.6 Å². The maximum absolute atomic E-state index is 11.9. The molecule has 0 aliphatic rings. The van der Waals surface area contributed by atoms with Crippen LogP contribution in [0.3, 0.4) is 0 Å². The molecule has 0 amide bonds. The van der Waals surface area contributed by atoms with Crippen LogP contribution >= 0.6 is 11.3 Å². The van der Waals surface area contributed by atoms with Crippen LogP contribution in [0.5, 0.6) is 5.75 Å². The summed E-state index contributed by atoms with van der Waals surface area (Å²) < 4.78 is 5.74. The molecular weight excluding hydrogens is 304 g/mol. The van der Waals surface area contributed by atoms with Crippen molar-refractivity contribution in [1.29, 1.82) is 0 Å². The van der Waals surface area contributed by atoms with Crippen LogP contribution in [-0.2, 0) is 6.61 Å². The van der Waals surface area contributed by atoms with Crippen molar-refractivity contribution in [2.75, 3.05) is 0 Å². The van der Waals surface area contributed by atoms with E-state index < -0.39 is 0 Å². The van der Waals surface area contributed by atoms with E-state index in [-0.39, 0.29) is 5.78 Å². The Balaban J connectivity index is 1.57. The van der Waals surface area contributed by atoms with Gasteiger partial charge in [0.15, 0.2) is 5.78 Å². The van der Waals surface area contributed by atoms with Gasteiger partial charge in [0, 0.05) is 0 Å². The largest absolute Gasteiger partial charge is 0.489 e. The quantitative estimate of drug-likeness (QED) is 0.459. The maximum Gasteiger partial charge on any atom is 0.195 e. The molecule has 0 radical (unpaired) electrons. The minimum Gasteiger partial charge on any atom is -0.489 e. The topological polar surface area (TPSA) is 26.3 Å². The molecule has 0 atom stereocenters. The fourth-order valence-electron chi connectivity index (χ4n) is 2.09. The number of carbonyl (C=O) groups excluding carboxylic acids is 1. The SMILES string of the molecule is O=C(/C=C\c1ccc(OCc2ccccc2)cc1)c1cccs1. The molecule has 0 aliphatic heterocycles. The van der Waals surface area contributed by atoms with Gasteiger partial charge in [0.25, 0.3) is 0 Å². The van der Waals surface area contributed by atoms with Crippen LogP contribution in [0.25, 0.3) is 6.08 Å². The van der Waals surface area contributed by atoms with E-state index in [0.29, 0.717) is 6.61 Å². The van der Waals surface area contributed by atoms with Gasteiger partial charge in [-0.25, -0.2) is 0 Å². The third-order valence-corrected chi connectivity index (χ3v) is 4.20. The zero-order valence-corrected chi connectivity index (χ0v) is 13.3. The highest BCUT2D eigenvalue weighted by Gasteiger charge is 2.01. The summed E-state index contributed by atoms with van der Waals surface area (Å²) in [6, 6.07) is 21.5. The summed E-state index contributed by atoms with van der Waals surface area (Å²) >= 11 is 1.45. The van der Waals surface area contributed by atoms with E-state index in [0.717, 1.165) is 21.8 Å². The molecule has 0 saturated carbocycles. The van der Waals surface area contributed by atoms with Crippen molar-refractivity contribution in [3.05, 3.63) is 94.2 Å². The molecule has 0 spiro atoms. The molecule has 1 aromatic heterocycles. The number of rotatable bonds is 6. The number of carbonyl (C=O) groups is 1. The summed E-state index contributed by atoms with van der Waals surface area (Å²) in [5, 5.41) is 1.90. The van der Waals surface area contributed by atoms with E-state index in [1.165, 1.54) is 11.3 Å². The Kier molecular flexibility index (Phi) is 5.02. The minimum absolute atomic E-state index is 0.0319. The van der Waals surface area contributed by atoms with Crippen molar-refractivity contribution >= 4 is 23.2 Å². The number of allylic oxidation sites excluding steroid dienone is 1. The molecule has 0 saturated heterocycles. The van der Waals surface area contributed by atoms with Gasteiger partial charge in [-0.15, -0.1) is 11.3 Å². The zero-order valence-electron chi connectivity index (χ0n) is 12.5. The monoisotopic (exact) mass is 320 g/mol. The third-order valence-electron chi connectivity index (χ3n) is 3.32. The first kappa shape index (κ1) is 15.3. The summed E-state index contributed by atoms with van der Waals surface area (Å²) in [6.07, 6.45) is 3.43. The Morgan fingerprint density at radius 1 is 0.957 bits per heavy atom. The fourth-order valence-corrected chi connectivity index (χ4v) is 2.73. The highest BCUT2D eigenvalue weighted by atomic mass is 32.1. The van der Waals surface area contributed by atoms with Crippen LogP contribution in [0.4, 0.5) is 0 Å². The minimum atomic E-state index is 0.0319. The Bertz CT molecular complexity index is 772. The van der Waals surface area contributed by atoms with Crippen molar-refractivity contribution < 1.29 is 9.53 Å². The maximum atomic E-state index is 11.9. The van der Waals surface area contributed by atoms with Crippen LogP contribution in [0.15, 0.2) is 78.2 Å². The average molecular weight is 320 g/mol. The van der Waals surface area contributed by atoms with Crippen molar-refractivity contribution in [3.8, 4) is 5.75 Å². The number of thiophene rings is 1. The third kappa shape index (κ3) is 4.41. The van der Waals surface area contributed by atoms with Crippen LogP contribution in [0.2, 0.25) is 0 Å². The second-order valence-electron chi connectivity index (χ2n) is 5.02. The van der Waals surface area contributed by atoms with Crippen LogP contribution in [-0.4, -0.2) is 5.78 Å². The lowest BCUT2D eigenvalue weighted by atomic mass is 10.2. The van der Waals surface area contributed by atoms with E-state index in [1.807, 2.05) is 78.2 Å². The molecule has 2 nitrogen and oxygen atoms in total. The highest BCUT2D eigenvalue weighted by Crippen LogP contribution is 2.16. The van der Waals surface area contributed by atoms with Gasteiger partial charge in [-0.2, -0.15) is 0 Å². The Hall–Kier alpha value is -2.65. The van der Waals surface area contributed by atoms with Gasteiger partial charge in [-0.05, 0) is 40.8 Å². The molecule has 3 heteroatoms. The van der Waals surface area contributed by atoms with E-state index in [1.54, 1.807) is 6.08 Å². The smallest absolute Gasteiger partial charge is 0.195 e. The van der Waals surface area contributed by atoms with E-state index in [9.17, 15) is 4.79 Å². The predicted octanol–water partition coefficient (Wildman–Crippen LogP) is 5.22. The van der Waals surface area contributed by atoms with Crippen molar-refractivity contribution in [2.45, 2.75) is 6.61 Å².